The van der Waals surface area contributed by atoms with E-state index in [0.29, 0.717) is 12.8 Å². The minimum atomic E-state index is -3.11. The van der Waals surface area contributed by atoms with Crippen molar-refractivity contribution < 1.29 is 92.2 Å². The molecule has 2 N–H and O–H groups in total. The zero-order chi connectivity index (χ0) is 11.6. The molecule has 10 heteroatoms. The van der Waals surface area contributed by atoms with Crippen LogP contribution in [0, 0.1) is 0 Å². The van der Waals surface area contributed by atoms with Gasteiger partial charge in [-0.25, -0.2) is 0 Å². The first-order chi connectivity index (χ1) is 6.36. The average Bonchev–Trinajstić information content (AvgIpc) is 1.96. The van der Waals surface area contributed by atoms with Crippen molar-refractivity contribution >= 4 is 23.3 Å². The molecule has 0 aromatic heterocycles. The third kappa shape index (κ3) is 45.9. The molecule has 16 heavy (non-hydrogen) atoms. The monoisotopic (exact) mass is 272 g/mol. The van der Waals surface area contributed by atoms with E-state index in [-0.39, 0.29) is 72.0 Å². The maximum atomic E-state index is 9.90. The molecule has 0 amide bonds. The molecule has 0 radical (unpaired) electrons. The Hall–Kier alpha value is 1.01. The standard InChI is InChI=1S/C6H10O4.2Na.H2O3S/c7-5(8)3-1-2-4-6(9)10;;;1-4(2)3/h1-4H2,(H,7,8)(H,9,10);;;(H2,1,2,3)/q;2*+1;/p-2. The Kier molecular flexibility index (Phi) is 29.6. The van der Waals surface area contributed by atoms with Crippen LogP contribution in [0.4, 0.5) is 0 Å². The van der Waals surface area contributed by atoms with Gasteiger partial charge in [0.15, 0.2) is 0 Å². The van der Waals surface area contributed by atoms with Crippen LogP contribution in [-0.4, -0.2) is 35.5 Å². The molecule has 0 unspecified atom stereocenters. The van der Waals surface area contributed by atoms with Gasteiger partial charge in [0.2, 0.25) is 0 Å². The van der Waals surface area contributed by atoms with Crippen molar-refractivity contribution in [2.24, 2.45) is 0 Å². The van der Waals surface area contributed by atoms with E-state index in [4.69, 9.17) is 23.5 Å². The second-order valence-electron chi connectivity index (χ2n) is 2.20. The first-order valence-corrected chi connectivity index (χ1v) is 4.56. The average molecular weight is 272 g/mol. The van der Waals surface area contributed by atoms with E-state index in [1.165, 1.54) is 0 Å². The third-order valence-electron chi connectivity index (χ3n) is 1.03. The second kappa shape index (κ2) is 18.4. The van der Waals surface area contributed by atoms with E-state index in [2.05, 4.69) is 0 Å². The van der Waals surface area contributed by atoms with Crippen LogP contribution in [0.15, 0.2) is 0 Å². The number of carboxylic acids is 2. The van der Waals surface area contributed by atoms with E-state index in [0.717, 1.165) is 0 Å². The van der Waals surface area contributed by atoms with Crippen LogP contribution in [0.1, 0.15) is 25.7 Å². The summed E-state index contributed by atoms with van der Waals surface area (Å²) in [4.78, 5) is 19.8. The van der Waals surface area contributed by atoms with E-state index < -0.39 is 23.3 Å². The molecule has 0 aliphatic carbocycles. The van der Waals surface area contributed by atoms with Crippen molar-refractivity contribution in [1.82, 2.24) is 0 Å². The number of rotatable bonds is 5. The molecule has 0 atom stereocenters. The summed E-state index contributed by atoms with van der Waals surface area (Å²) < 4.78 is 25.3. The third-order valence-corrected chi connectivity index (χ3v) is 1.03. The van der Waals surface area contributed by atoms with E-state index in [1.807, 2.05) is 0 Å². The first kappa shape index (κ1) is 25.8. The summed E-state index contributed by atoms with van der Waals surface area (Å²) >= 11 is -3.11. The van der Waals surface area contributed by atoms with Crippen molar-refractivity contribution in [3.05, 3.63) is 0 Å². The molecule has 0 saturated heterocycles. The number of carbonyl (C=O) groups is 2. The molecule has 0 bridgehead atoms. The molecule has 0 aliphatic heterocycles. The van der Waals surface area contributed by atoms with Gasteiger partial charge in [-0.1, -0.05) is 0 Å². The fraction of sp³-hybridized carbons (Fsp3) is 0.667. The van der Waals surface area contributed by atoms with Gasteiger partial charge in [0.05, 0.1) is 0 Å². The minimum Gasteiger partial charge on any atom is -0.784 e. The van der Waals surface area contributed by atoms with Gasteiger partial charge in [-0.05, 0) is 12.8 Å². The topological polar surface area (TPSA) is 138 Å². The maximum Gasteiger partial charge on any atom is 1.00 e. The summed E-state index contributed by atoms with van der Waals surface area (Å²) in [7, 11) is 0. The van der Waals surface area contributed by atoms with Crippen molar-refractivity contribution in [2.45, 2.75) is 25.7 Å². The minimum absolute atomic E-state index is 0. The van der Waals surface area contributed by atoms with Crippen molar-refractivity contribution in [3.8, 4) is 0 Å². The molecule has 0 saturated carbocycles. The van der Waals surface area contributed by atoms with Crippen LogP contribution in [-0.2, 0) is 21.0 Å². The smallest absolute Gasteiger partial charge is 0.784 e. The molecule has 0 fully saturated rings. The number of hydrogen-bond donors (Lipinski definition) is 2. The Bertz CT molecular complexity index is 191. The molecular weight excluding hydrogens is 262 g/mol. The van der Waals surface area contributed by atoms with Gasteiger partial charge in [0.1, 0.15) is 0 Å². The number of hydrogen-bond acceptors (Lipinski definition) is 5. The Morgan fingerprint density at radius 3 is 1.25 bits per heavy atom. The first-order valence-electron chi connectivity index (χ1n) is 3.56. The quantitative estimate of drug-likeness (QED) is 0.288. The molecule has 0 spiro atoms. The molecule has 0 heterocycles. The van der Waals surface area contributed by atoms with Crippen LogP contribution < -0.4 is 59.1 Å². The van der Waals surface area contributed by atoms with Crippen molar-refractivity contribution in [3.63, 3.8) is 0 Å². The summed E-state index contributed by atoms with van der Waals surface area (Å²) in [6.07, 6.45) is 1.02. The van der Waals surface area contributed by atoms with Crippen LogP contribution in [0.2, 0.25) is 0 Å². The molecule has 84 valence electrons. The zero-order valence-electron chi connectivity index (χ0n) is 9.17. The molecule has 0 aromatic carbocycles. The van der Waals surface area contributed by atoms with Gasteiger partial charge < -0.3 is 19.3 Å². The van der Waals surface area contributed by atoms with Crippen LogP contribution >= 0.6 is 0 Å². The van der Waals surface area contributed by atoms with Gasteiger partial charge in [0.25, 0.3) is 0 Å². The molecule has 0 aliphatic rings. The van der Waals surface area contributed by atoms with E-state index in [9.17, 15) is 9.59 Å². The summed E-state index contributed by atoms with van der Waals surface area (Å²) in [5.74, 6) is -1.74. The fourth-order valence-corrected chi connectivity index (χ4v) is 0.552. The predicted molar refractivity (Wildman–Crippen MR) is 43.4 cm³/mol. The molecular formula is C6H10Na2O7S. The van der Waals surface area contributed by atoms with Crippen LogP contribution in [0.25, 0.3) is 0 Å². The SMILES string of the molecule is O=C(O)CCCCC(=O)O.O=S([O-])[O-].[Na+].[Na+]. The van der Waals surface area contributed by atoms with Crippen LogP contribution in [0.3, 0.4) is 0 Å². The normalized spacial score (nSPS) is 7.94. The Labute approximate surface area is 140 Å². The zero-order valence-corrected chi connectivity index (χ0v) is 14.0. The Balaban J connectivity index is -0.000000105. The van der Waals surface area contributed by atoms with E-state index in [1.54, 1.807) is 0 Å². The maximum absolute atomic E-state index is 9.90. The Morgan fingerprint density at radius 1 is 0.938 bits per heavy atom. The van der Waals surface area contributed by atoms with Gasteiger partial charge in [0, 0.05) is 12.8 Å². The van der Waals surface area contributed by atoms with Gasteiger partial charge in [-0.2, -0.15) is 0 Å². The van der Waals surface area contributed by atoms with Crippen LogP contribution in [0.5, 0.6) is 0 Å². The summed E-state index contributed by atoms with van der Waals surface area (Å²) in [6.45, 7) is 0. The Morgan fingerprint density at radius 2 is 1.12 bits per heavy atom. The van der Waals surface area contributed by atoms with Gasteiger partial charge >= 0.3 is 71.1 Å². The van der Waals surface area contributed by atoms with Gasteiger partial charge in [-0.15, -0.1) is 11.4 Å². The summed E-state index contributed by atoms with van der Waals surface area (Å²) in [6, 6.07) is 0. The van der Waals surface area contributed by atoms with E-state index >= 15 is 0 Å². The molecule has 7 nitrogen and oxygen atoms in total. The second-order valence-corrected chi connectivity index (χ2v) is 2.61. The molecule has 0 rings (SSSR count). The number of aliphatic carboxylic acids is 2. The van der Waals surface area contributed by atoms with Gasteiger partial charge in [-0.3, -0.25) is 13.8 Å². The molecule has 0 aromatic rings. The largest absolute Gasteiger partial charge is 1.00 e. The van der Waals surface area contributed by atoms with Crippen molar-refractivity contribution in [2.75, 3.05) is 0 Å². The fourth-order valence-electron chi connectivity index (χ4n) is 0.552. The summed E-state index contributed by atoms with van der Waals surface area (Å²) in [5, 5.41) is 16.3. The number of unbranched alkanes of at least 4 members (excludes halogenated alkanes) is 1. The predicted octanol–water partition coefficient (Wildman–Crippen LogP) is -6.28. The van der Waals surface area contributed by atoms with Crippen molar-refractivity contribution in [1.29, 1.82) is 0 Å². The number of carboxylic acid groups (broad SMARTS) is 2. The summed E-state index contributed by atoms with van der Waals surface area (Å²) in [5.41, 5.74) is 0.